The molecule has 1 heterocycles. The maximum atomic E-state index is 5.71. The Morgan fingerprint density at radius 2 is 2.62 bits per heavy atom. The van der Waals surface area contributed by atoms with Gasteiger partial charge in [-0.3, -0.25) is 0 Å². The molecule has 0 atom stereocenters. The van der Waals surface area contributed by atoms with E-state index in [1.165, 1.54) is 0 Å². The van der Waals surface area contributed by atoms with E-state index in [0.717, 1.165) is 11.7 Å². The van der Waals surface area contributed by atoms with E-state index < -0.39 is 0 Å². The van der Waals surface area contributed by atoms with Crippen LogP contribution < -0.4 is 3.96 Å². The normalized spacial score (nSPS) is 9.75. The summed E-state index contributed by atoms with van der Waals surface area (Å²) in [6.45, 7) is 3.04. The fourth-order valence-electron chi connectivity index (χ4n) is 0.519. The fraction of sp³-hybridized carbons (Fsp3) is 0.400. The number of hydrogen-bond acceptors (Lipinski definition) is 1. The van der Waals surface area contributed by atoms with Gasteiger partial charge < -0.3 is 0 Å². The van der Waals surface area contributed by atoms with Crippen molar-refractivity contribution in [3.63, 3.8) is 0 Å². The summed E-state index contributed by atoms with van der Waals surface area (Å²) in [5, 5.41) is 2.81. The Balaban J connectivity index is 2.92. The van der Waals surface area contributed by atoms with E-state index in [0.29, 0.717) is 0 Å². The molecular formula is C5H7ClNS+. The number of nitrogens with zero attached hydrogens (tertiary/aromatic N) is 1. The van der Waals surface area contributed by atoms with Crippen LogP contribution in [0.2, 0.25) is 5.15 Å². The Morgan fingerprint density at radius 1 is 1.88 bits per heavy atom. The first kappa shape index (κ1) is 6.05. The number of hydrogen-bond donors (Lipinski definition) is 0. The second-order valence-electron chi connectivity index (χ2n) is 1.43. The first-order chi connectivity index (χ1) is 3.84. The molecular weight excluding hydrogens is 142 g/mol. The smallest absolute Gasteiger partial charge is 0.124 e. The van der Waals surface area contributed by atoms with Gasteiger partial charge >= 0.3 is 0 Å². The van der Waals surface area contributed by atoms with Crippen LogP contribution in [-0.2, 0) is 6.54 Å². The van der Waals surface area contributed by atoms with Gasteiger partial charge in [0.2, 0.25) is 0 Å². The highest BCUT2D eigenvalue weighted by molar-refractivity contribution is 6.99. The van der Waals surface area contributed by atoms with Gasteiger partial charge in [-0.05, 0) is 18.5 Å². The molecule has 0 aromatic carbocycles. The molecule has 0 unspecified atom stereocenters. The first-order valence-electron chi connectivity index (χ1n) is 2.48. The molecule has 8 heavy (non-hydrogen) atoms. The summed E-state index contributed by atoms with van der Waals surface area (Å²) in [5.74, 6) is 0. The molecule has 0 aliphatic rings. The SMILES string of the molecule is CC[n+]1sccc1Cl. The monoisotopic (exact) mass is 148 g/mol. The lowest BCUT2D eigenvalue weighted by molar-refractivity contribution is -0.622. The van der Waals surface area contributed by atoms with Crippen LogP contribution in [0.3, 0.4) is 0 Å². The van der Waals surface area contributed by atoms with Gasteiger partial charge in [-0.25, -0.2) is 0 Å². The molecule has 1 nitrogen and oxygen atoms in total. The molecule has 0 bridgehead atoms. The van der Waals surface area contributed by atoms with Gasteiger partial charge in [-0.15, -0.1) is 3.96 Å². The van der Waals surface area contributed by atoms with Crippen LogP contribution in [-0.4, -0.2) is 0 Å². The van der Waals surface area contributed by atoms with Crippen molar-refractivity contribution in [1.82, 2.24) is 0 Å². The lowest BCUT2D eigenvalue weighted by atomic mass is 10.7. The maximum absolute atomic E-state index is 5.71. The van der Waals surface area contributed by atoms with Gasteiger partial charge in [-0.1, -0.05) is 0 Å². The number of aromatic nitrogens is 1. The van der Waals surface area contributed by atoms with Crippen molar-refractivity contribution in [2.24, 2.45) is 0 Å². The van der Waals surface area contributed by atoms with E-state index in [-0.39, 0.29) is 0 Å². The Bertz CT molecular complexity index is 173. The zero-order valence-electron chi connectivity index (χ0n) is 4.60. The summed E-state index contributed by atoms with van der Waals surface area (Å²) >= 11 is 7.35. The third-order valence-electron chi connectivity index (χ3n) is 0.919. The molecule has 1 rings (SSSR count). The average molecular weight is 149 g/mol. The van der Waals surface area contributed by atoms with E-state index in [1.807, 2.05) is 15.4 Å². The van der Waals surface area contributed by atoms with Crippen LogP contribution >= 0.6 is 23.1 Å². The zero-order valence-corrected chi connectivity index (χ0v) is 6.17. The quantitative estimate of drug-likeness (QED) is 0.534. The van der Waals surface area contributed by atoms with E-state index in [2.05, 4.69) is 6.92 Å². The van der Waals surface area contributed by atoms with Gasteiger partial charge in [0.15, 0.2) is 6.54 Å². The van der Waals surface area contributed by atoms with Crippen molar-refractivity contribution in [2.45, 2.75) is 13.5 Å². The third-order valence-corrected chi connectivity index (χ3v) is 2.32. The highest BCUT2D eigenvalue weighted by atomic mass is 35.5. The summed E-state index contributed by atoms with van der Waals surface area (Å²) in [6, 6.07) is 1.90. The van der Waals surface area contributed by atoms with Crippen LogP contribution in [0.1, 0.15) is 6.92 Å². The zero-order chi connectivity index (χ0) is 5.98. The Morgan fingerprint density at radius 3 is 2.88 bits per heavy atom. The Hall–Kier alpha value is -0.0800. The minimum absolute atomic E-state index is 0.831. The number of halogens is 1. The lowest BCUT2D eigenvalue weighted by Gasteiger charge is -1.78. The summed E-state index contributed by atoms with van der Waals surface area (Å²) in [5.41, 5.74) is 0. The van der Waals surface area contributed by atoms with Crippen molar-refractivity contribution in [3.8, 4) is 0 Å². The largest absolute Gasteiger partial charge is 0.289 e. The maximum Gasteiger partial charge on any atom is 0.289 e. The summed E-state index contributed by atoms with van der Waals surface area (Å²) in [6.07, 6.45) is 0. The van der Waals surface area contributed by atoms with Crippen LogP contribution in [0, 0.1) is 0 Å². The van der Waals surface area contributed by atoms with Crippen LogP contribution in [0.25, 0.3) is 0 Å². The predicted molar refractivity (Wildman–Crippen MR) is 35.2 cm³/mol. The molecule has 0 saturated heterocycles. The van der Waals surface area contributed by atoms with E-state index in [4.69, 9.17) is 11.6 Å². The lowest BCUT2D eigenvalue weighted by Crippen LogP contribution is -2.26. The Labute approximate surface area is 57.7 Å². The highest BCUT2D eigenvalue weighted by Gasteiger charge is 2.04. The van der Waals surface area contributed by atoms with Gasteiger partial charge in [0, 0.05) is 6.07 Å². The Kier molecular flexibility index (Phi) is 1.86. The van der Waals surface area contributed by atoms with E-state index >= 15 is 0 Å². The van der Waals surface area contributed by atoms with Crippen LogP contribution in [0.5, 0.6) is 0 Å². The van der Waals surface area contributed by atoms with Crippen LogP contribution in [0.15, 0.2) is 11.4 Å². The van der Waals surface area contributed by atoms with Crippen molar-refractivity contribution in [1.29, 1.82) is 0 Å². The van der Waals surface area contributed by atoms with Crippen LogP contribution in [0.4, 0.5) is 0 Å². The molecule has 0 saturated carbocycles. The molecule has 0 radical (unpaired) electrons. The average Bonchev–Trinajstić information content (AvgIpc) is 2.14. The van der Waals surface area contributed by atoms with Gasteiger partial charge in [-0.2, -0.15) is 0 Å². The van der Waals surface area contributed by atoms with Crippen molar-refractivity contribution in [2.75, 3.05) is 0 Å². The van der Waals surface area contributed by atoms with E-state index in [1.54, 1.807) is 11.5 Å². The second kappa shape index (κ2) is 2.46. The fourth-order valence-corrected chi connectivity index (χ4v) is 1.54. The minimum Gasteiger partial charge on any atom is -0.124 e. The van der Waals surface area contributed by atoms with Crippen molar-refractivity contribution in [3.05, 3.63) is 16.6 Å². The number of aryl methyl sites for hydroxylation is 1. The first-order valence-corrected chi connectivity index (χ1v) is 3.69. The molecule has 0 amide bonds. The molecule has 0 spiro atoms. The summed E-state index contributed by atoms with van der Waals surface area (Å²) in [7, 11) is 0. The van der Waals surface area contributed by atoms with Gasteiger partial charge in [0.25, 0.3) is 5.15 Å². The van der Waals surface area contributed by atoms with Gasteiger partial charge in [0.1, 0.15) is 11.5 Å². The minimum atomic E-state index is 0.831. The van der Waals surface area contributed by atoms with E-state index in [9.17, 15) is 0 Å². The molecule has 0 N–H and O–H groups in total. The molecule has 3 heteroatoms. The predicted octanol–water partition coefficient (Wildman–Crippen LogP) is 1.71. The molecule has 1 aromatic heterocycles. The standard InChI is InChI=1S/C5H7ClNS/c1-2-7-5(6)3-4-8-7/h3-4H,2H2,1H3/q+1. The topological polar surface area (TPSA) is 3.88 Å². The molecule has 0 aliphatic heterocycles. The second-order valence-corrected chi connectivity index (χ2v) is 2.74. The third kappa shape index (κ3) is 1.01. The van der Waals surface area contributed by atoms with Crippen molar-refractivity contribution >= 4 is 23.1 Å². The summed E-state index contributed by atoms with van der Waals surface area (Å²) < 4.78 is 2.02. The van der Waals surface area contributed by atoms with Gasteiger partial charge in [0.05, 0.1) is 5.38 Å². The molecule has 0 aliphatic carbocycles. The molecule has 1 aromatic rings. The number of rotatable bonds is 1. The van der Waals surface area contributed by atoms with Crippen molar-refractivity contribution < 1.29 is 3.96 Å². The molecule has 44 valence electrons. The molecule has 0 fully saturated rings. The highest BCUT2D eigenvalue weighted by Crippen LogP contribution is 2.02. The summed E-state index contributed by atoms with van der Waals surface area (Å²) in [4.78, 5) is 0.